The fraction of sp³-hybridized carbons (Fsp3) is 0.688. The minimum Gasteiger partial charge on any atom is -0.392 e. The van der Waals surface area contributed by atoms with Gasteiger partial charge >= 0.3 is 0 Å². The number of hydrogen-bond donors (Lipinski definition) is 2. The molecule has 1 fully saturated rings. The third-order valence-electron chi connectivity index (χ3n) is 4.05. The van der Waals surface area contributed by atoms with Crippen molar-refractivity contribution in [3.8, 4) is 0 Å². The molecule has 0 aliphatic heterocycles. The van der Waals surface area contributed by atoms with Crippen LogP contribution in [0.1, 0.15) is 46.5 Å². The maximum atomic E-state index is 11.4. The van der Waals surface area contributed by atoms with Crippen LogP contribution in [-0.4, -0.2) is 28.2 Å². The molecule has 2 N–H and O–H groups in total. The highest BCUT2D eigenvalue weighted by atomic mass is 16.3. The molecule has 0 radical (unpaired) electrons. The standard InChI is InChI=1S/C16H26O3/c1-5-6-9-16(3,4)15(19)8-7-12-11(2)13(17)10-14(12)18/h7-8,12,14-15,18-19H,2,5-6,9-10H2,1,3-4H3/b8-7+/t12-,14-,15+/m1/s1. The molecule has 0 unspecified atom stereocenters. The Morgan fingerprint density at radius 2 is 2.16 bits per heavy atom. The van der Waals surface area contributed by atoms with Gasteiger partial charge in [-0.15, -0.1) is 0 Å². The molecule has 0 aromatic heterocycles. The smallest absolute Gasteiger partial charge is 0.161 e. The van der Waals surface area contributed by atoms with Crippen LogP contribution in [0, 0.1) is 11.3 Å². The van der Waals surface area contributed by atoms with E-state index in [1.54, 1.807) is 12.2 Å². The van der Waals surface area contributed by atoms with Crippen LogP contribution in [0.3, 0.4) is 0 Å². The van der Waals surface area contributed by atoms with Gasteiger partial charge in [0, 0.05) is 12.3 Å². The summed E-state index contributed by atoms with van der Waals surface area (Å²) in [5.41, 5.74) is 0.254. The molecule has 1 aliphatic carbocycles. The van der Waals surface area contributed by atoms with E-state index in [1.165, 1.54) is 0 Å². The summed E-state index contributed by atoms with van der Waals surface area (Å²) < 4.78 is 0. The van der Waals surface area contributed by atoms with Gasteiger partial charge in [0.2, 0.25) is 0 Å². The van der Waals surface area contributed by atoms with E-state index in [0.29, 0.717) is 5.57 Å². The number of carbonyl (C=O) groups excluding carboxylic acids is 1. The van der Waals surface area contributed by atoms with Gasteiger partial charge in [-0.05, 0) is 17.4 Å². The molecule has 3 atom stereocenters. The van der Waals surface area contributed by atoms with Crippen LogP contribution in [0.25, 0.3) is 0 Å². The third kappa shape index (κ3) is 4.02. The Morgan fingerprint density at radius 1 is 1.53 bits per heavy atom. The van der Waals surface area contributed by atoms with E-state index in [-0.39, 0.29) is 23.5 Å². The third-order valence-corrected chi connectivity index (χ3v) is 4.05. The van der Waals surface area contributed by atoms with Gasteiger partial charge in [-0.3, -0.25) is 4.79 Å². The largest absolute Gasteiger partial charge is 0.392 e. The Labute approximate surface area is 116 Å². The summed E-state index contributed by atoms with van der Waals surface area (Å²) in [6.45, 7) is 9.90. The van der Waals surface area contributed by atoms with Gasteiger partial charge in [-0.1, -0.05) is 52.3 Å². The first kappa shape index (κ1) is 16.1. The number of rotatable bonds is 6. The van der Waals surface area contributed by atoms with E-state index in [2.05, 4.69) is 13.5 Å². The summed E-state index contributed by atoms with van der Waals surface area (Å²) in [5, 5.41) is 20.0. The molecule has 3 heteroatoms. The minimum atomic E-state index is -0.692. The number of unbranched alkanes of at least 4 members (excludes halogenated alkanes) is 1. The first-order chi connectivity index (χ1) is 8.79. The summed E-state index contributed by atoms with van der Waals surface area (Å²) in [5.74, 6) is -0.425. The number of hydrogen-bond acceptors (Lipinski definition) is 3. The van der Waals surface area contributed by atoms with E-state index < -0.39 is 12.2 Å². The normalized spacial score (nSPS) is 26.4. The Hall–Kier alpha value is -0.930. The molecule has 0 aromatic carbocycles. The van der Waals surface area contributed by atoms with Gasteiger partial charge in [-0.25, -0.2) is 0 Å². The lowest BCUT2D eigenvalue weighted by molar-refractivity contribution is -0.115. The van der Waals surface area contributed by atoms with Crippen LogP contribution in [-0.2, 0) is 4.79 Å². The Bertz CT molecular complexity index is 368. The SMILES string of the molecule is C=C1C(=O)C[C@@H](O)[C@@H]1/C=C/[C@H](O)C(C)(C)CCCC. The molecular weight excluding hydrogens is 240 g/mol. The second-order valence-electron chi connectivity index (χ2n) is 6.17. The van der Waals surface area contributed by atoms with E-state index in [0.717, 1.165) is 19.3 Å². The van der Waals surface area contributed by atoms with E-state index in [9.17, 15) is 15.0 Å². The first-order valence-electron chi connectivity index (χ1n) is 7.06. The summed E-state index contributed by atoms with van der Waals surface area (Å²) in [6, 6.07) is 0. The average Bonchev–Trinajstić information content (AvgIpc) is 2.58. The van der Waals surface area contributed by atoms with Crippen LogP contribution in [0.4, 0.5) is 0 Å². The second kappa shape index (κ2) is 6.49. The van der Waals surface area contributed by atoms with Gasteiger partial charge in [0.25, 0.3) is 0 Å². The van der Waals surface area contributed by atoms with Gasteiger partial charge in [0.15, 0.2) is 5.78 Å². The molecular formula is C16H26O3. The Balaban J connectivity index is 2.65. The number of carbonyl (C=O) groups is 1. The lowest BCUT2D eigenvalue weighted by atomic mass is 9.81. The highest BCUT2D eigenvalue weighted by Crippen LogP contribution is 2.31. The molecule has 108 valence electrons. The Morgan fingerprint density at radius 3 is 2.63 bits per heavy atom. The molecule has 19 heavy (non-hydrogen) atoms. The molecule has 0 bridgehead atoms. The number of Topliss-reactive ketones (excluding diaryl/α,β-unsaturated/α-hetero) is 1. The van der Waals surface area contributed by atoms with Crippen LogP contribution >= 0.6 is 0 Å². The van der Waals surface area contributed by atoms with Crippen LogP contribution in [0.5, 0.6) is 0 Å². The summed E-state index contributed by atoms with van der Waals surface area (Å²) in [7, 11) is 0. The molecule has 1 saturated carbocycles. The zero-order valence-electron chi connectivity index (χ0n) is 12.2. The highest BCUT2D eigenvalue weighted by molar-refractivity contribution is 5.98. The van der Waals surface area contributed by atoms with Crippen molar-refractivity contribution in [1.82, 2.24) is 0 Å². The zero-order chi connectivity index (χ0) is 14.6. The van der Waals surface area contributed by atoms with Gasteiger partial charge < -0.3 is 10.2 Å². The van der Waals surface area contributed by atoms with E-state index in [1.807, 2.05) is 13.8 Å². The van der Waals surface area contributed by atoms with Crippen LogP contribution < -0.4 is 0 Å². The van der Waals surface area contributed by atoms with Crippen molar-refractivity contribution < 1.29 is 15.0 Å². The lowest BCUT2D eigenvalue weighted by Gasteiger charge is -2.28. The molecule has 0 aromatic rings. The van der Waals surface area contributed by atoms with E-state index in [4.69, 9.17) is 0 Å². The van der Waals surface area contributed by atoms with Gasteiger partial charge in [0.05, 0.1) is 12.2 Å². The number of aliphatic hydroxyl groups is 2. The van der Waals surface area contributed by atoms with Crippen LogP contribution in [0.15, 0.2) is 24.3 Å². The first-order valence-corrected chi connectivity index (χ1v) is 7.06. The van der Waals surface area contributed by atoms with Crippen molar-refractivity contribution in [2.24, 2.45) is 11.3 Å². The predicted molar refractivity (Wildman–Crippen MR) is 76.7 cm³/mol. The molecule has 0 saturated heterocycles. The maximum Gasteiger partial charge on any atom is 0.161 e. The second-order valence-corrected chi connectivity index (χ2v) is 6.17. The monoisotopic (exact) mass is 266 g/mol. The fourth-order valence-electron chi connectivity index (χ4n) is 2.38. The summed E-state index contributed by atoms with van der Waals surface area (Å²) in [6.07, 6.45) is 5.44. The van der Waals surface area contributed by atoms with Gasteiger partial charge in [-0.2, -0.15) is 0 Å². The van der Waals surface area contributed by atoms with E-state index >= 15 is 0 Å². The van der Waals surface area contributed by atoms with Crippen molar-refractivity contribution >= 4 is 5.78 Å². The average molecular weight is 266 g/mol. The van der Waals surface area contributed by atoms with Crippen molar-refractivity contribution in [3.05, 3.63) is 24.3 Å². The molecule has 0 heterocycles. The topological polar surface area (TPSA) is 57.5 Å². The number of ketones is 1. The number of aliphatic hydroxyl groups excluding tert-OH is 2. The molecule has 3 nitrogen and oxygen atoms in total. The Kier molecular flexibility index (Phi) is 5.50. The highest BCUT2D eigenvalue weighted by Gasteiger charge is 2.34. The van der Waals surface area contributed by atoms with Crippen molar-refractivity contribution in [2.45, 2.75) is 58.7 Å². The molecule has 0 amide bonds. The lowest BCUT2D eigenvalue weighted by Crippen LogP contribution is -2.27. The fourth-order valence-corrected chi connectivity index (χ4v) is 2.38. The quantitative estimate of drug-likeness (QED) is 0.574. The molecule has 1 aliphatic rings. The zero-order valence-corrected chi connectivity index (χ0v) is 12.2. The van der Waals surface area contributed by atoms with Crippen molar-refractivity contribution in [3.63, 3.8) is 0 Å². The van der Waals surface area contributed by atoms with Crippen molar-refractivity contribution in [2.75, 3.05) is 0 Å². The molecule has 1 rings (SSSR count). The summed E-state index contributed by atoms with van der Waals surface area (Å²) >= 11 is 0. The van der Waals surface area contributed by atoms with Crippen LogP contribution in [0.2, 0.25) is 0 Å². The summed E-state index contributed by atoms with van der Waals surface area (Å²) in [4.78, 5) is 11.4. The van der Waals surface area contributed by atoms with Crippen molar-refractivity contribution in [1.29, 1.82) is 0 Å². The predicted octanol–water partition coefficient (Wildman–Crippen LogP) is 2.63. The maximum absolute atomic E-state index is 11.4. The molecule has 0 spiro atoms. The minimum absolute atomic E-state index is 0.0816. The van der Waals surface area contributed by atoms with Gasteiger partial charge in [0.1, 0.15) is 0 Å².